The molecule has 0 unspecified atom stereocenters. The monoisotopic (exact) mass is 283 g/mol. The van der Waals surface area contributed by atoms with Crippen molar-refractivity contribution in [3.8, 4) is 11.4 Å². The first-order valence-corrected chi connectivity index (χ1v) is 6.22. The van der Waals surface area contributed by atoms with Gasteiger partial charge in [-0.2, -0.15) is 4.39 Å². The van der Waals surface area contributed by atoms with Crippen molar-refractivity contribution in [2.24, 2.45) is 0 Å². The predicted molar refractivity (Wildman–Crippen MR) is 74.1 cm³/mol. The summed E-state index contributed by atoms with van der Waals surface area (Å²) < 4.78 is 13.2. The molecule has 3 aromatic rings. The summed E-state index contributed by atoms with van der Waals surface area (Å²) in [6.07, 6.45) is 1.41. The van der Waals surface area contributed by atoms with Gasteiger partial charge in [-0.25, -0.2) is 9.97 Å². The number of halogens is 1. The SMILES string of the molecule is O=C(O)Cc1cc2nc(-c3cccc(F)n3)ccc2cn1. The lowest BCUT2D eigenvalue weighted by Crippen LogP contribution is -2.02. The fourth-order valence-corrected chi connectivity index (χ4v) is 2.00. The van der Waals surface area contributed by atoms with Crippen molar-refractivity contribution in [2.75, 3.05) is 0 Å². The number of carboxylic acids is 1. The van der Waals surface area contributed by atoms with Crippen molar-refractivity contribution >= 4 is 16.9 Å². The van der Waals surface area contributed by atoms with Crippen LogP contribution in [-0.4, -0.2) is 26.0 Å². The Balaban J connectivity index is 2.07. The molecule has 21 heavy (non-hydrogen) atoms. The third-order valence-corrected chi connectivity index (χ3v) is 2.94. The second-order valence-electron chi connectivity index (χ2n) is 4.48. The van der Waals surface area contributed by atoms with Crippen LogP contribution in [-0.2, 0) is 11.2 Å². The van der Waals surface area contributed by atoms with Crippen molar-refractivity contribution < 1.29 is 14.3 Å². The Bertz CT molecular complexity index is 836. The van der Waals surface area contributed by atoms with Crippen LogP contribution in [0, 0.1) is 5.95 Å². The van der Waals surface area contributed by atoms with Crippen LogP contribution in [0.1, 0.15) is 5.69 Å². The van der Waals surface area contributed by atoms with E-state index in [9.17, 15) is 9.18 Å². The molecule has 6 heteroatoms. The highest BCUT2D eigenvalue weighted by Crippen LogP contribution is 2.19. The van der Waals surface area contributed by atoms with Crippen LogP contribution < -0.4 is 0 Å². The number of fused-ring (bicyclic) bond motifs is 1. The summed E-state index contributed by atoms with van der Waals surface area (Å²) in [7, 11) is 0. The maximum atomic E-state index is 13.2. The summed E-state index contributed by atoms with van der Waals surface area (Å²) >= 11 is 0. The zero-order valence-corrected chi connectivity index (χ0v) is 10.8. The van der Waals surface area contributed by atoms with Crippen LogP contribution >= 0.6 is 0 Å². The van der Waals surface area contributed by atoms with E-state index in [0.717, 1.165) is 5.39 Å². The van der Waals surface area contributed by atoms with Crippen LogP contribution in [0.2, 0.25) is 0 Å². The molecule has 0 aliphatic heterocycles. The summed E-state index contributed by atoms with van der Waals surface area (Å²) in [5.74, 6) is -1.53. The molecule has 0 bridgehead atoms. The van der Waals surface area contributed by atoms with Gasteiger partial charge in [-0.3, -0.25) is 9.78 Å². The molecule has 104 valence electrons. The zero-order valence-electron chi connectivity index (χ0n) is 10.8. The molecule has 0 amide bonds. The van der Waals surface area contributed by atoms with Crippen molar-refractivity contribution in [2.45, 2.75) is 6.42 Å². The molecule has 0 fully saturated rings. The third kappa shape index (κ3) is 2.84. The number of pyridine rings is 3. The highest BCUT2D eigenvalue weighted by Gasteiger charge is 2.07. The van der Waals surface area contributed by atoms with Gasteiger partial charge in [-0.1, -0.05) is 6.07 Å². The van der Waals surface area contributed by atoms with Crippen molar-refractivity contribution in [3.05, 3.63) is 54.2 Å². The third-order valence-electron chi connectivity index (χ3n) is 2.94. The normalized spacial score (nSPS) is 10.7. The molecule has 5 nitrogen and oxygen atoms in total. The first-order chi connectivity index (χ1) is 10.1. The first kappa shape index (κ1) is 13.1. The average molecular weight is 283 g/mol. The molecule has 0 spiro atoms. The highest BCUT2D eigenvalue weighted by atomic mass is 19.1. The maximum Gasteiger partial charge on any atom is 0.309 e. The van der Waals surface area contributed by atoms with Gasteiger partial charge in [-0.05, 0) is 30.3 Å². The molecule has 3 heterocycles. The number of nitrogens with zero attached hydrogens (tertiary/aromatic N) is 3. The summed E-state index contributed by atoms with van der Waals surface area (Å²) in [6.45, 7) is 0. The van der Waals surface area contributed by atoms with Gasteiger partial charge in [0.25, 0.3) is 0 Å². The van der Waals surface area contributed by atoms with Crippen LogP contribution in [0.3, 0.4) is 0 Å². The molecular weight excluding hydrogens is 273 g/mol. The van der Waals surface area contributed by atoms with Gasteiger partial charge in [-0.15, -0.1) is 0 Å². The molecule has 0 saturated carbocycles. The van der Waals surface area contributed by atoms with E-state index in [-0.39, 0.29) is 6.42 Å². The van der Waals surface area contributed by atoms with Gasteiger partial charge < -0.3 is 5.11 Å². The predicted octanol–water partition coefficient (Wildman–Crippen LogP) is 2.46. The molecule has 3 aromatic heterocycles. The molecule has 0 aliphatic rings. The van der Waals surface area contributed by atoms with Gasteiger partial charge in [0, 0.05) is 11.6 Å². The fraction of sp³-hybridized carbons (Fsp3) is 0.0667. The topological polar surface area (TPSA) is 76.0 Å². The quantitative estimate of drug-likeness (QED) is 0.747. The Morgan fingerprint density at radius 1 is 1.14 bits per heavy atom. The number of carbonyl (C=O) groups is 1. The Hall–Kier alpha value is -2.89. The molecule has 0 aromatic carbocycles. The summed E-state index contributed by atoms with van der Waals surface area (Å²) in [5.41, 5.74) is 1.97. The van der Waals surface area contributed by atoms with E-state index in [4.69, 9.17) is 5.11 Å². The average Bonchev–Trinajstić information content (AvgIpc) is 2.46. The lowest BCUT2D eigenvalue weighted by atomic mass is 10.1. The Kier molecular flexibility index (Phi) is 3.27. The Morgan fingerprint density at radius 3 is 2.71 bits per heavy atom. The van der Waals surface area contributed by atoms with Gasteiger partial charge >= 0.3 is 5.97 Å². The zero-order chi connectivity index (χ0) is 14.8. The lowest BCUT2D eigenvalue weighted by molar-refractivity contribution is -0.136. The van der Waals surface area contributed by atoms with E-state index in [1.807, 2.05) is 0 Å². The summed E-state index contributed by atoms with van der Waals surface area (Å²) in [6, 6.07) is 9.62. The van der Waals surface area contributed by atoms with E-state index in [2.05, 4.69) is 15.0 Å². The molecular formula is C15H10FN3O2. The van der Waals surface area contributed by atoms with Crippen molar-refractivity contribution in [1.82, 2.24) is 15.0 Å². The van der Waals surface area contributed by atoms with Gasteiger partial charge in [0.05, 0.1) is 29.0 Å². The standard InChI is InChI=1S/C15H10FN3O2/c16-14-3-1-2-11(19-14)12-5-4-9-8-17-10(7-15(20)21)6-13(9)18-12/h1-6,8H,7H2,(H,20,21). The van der Waals surface area contributed by atoms with Gasteiger partial charge in [0.15, 0.2) is 0 Å². The van der Waals surface area contributed by atoms with Crippen molar-refractivity contribution in [1.29, 1.82) is 0 Å². The number of aromatic nitrogens is 3. The molecule has 0 aliphatic carbocycles. The van der Waals surface area contributed by atoms with Gasteiger partial charge in [0.1, 0.15) is 0 Å². The highest BCUT2D eigenvalue weighted by molar-refractivity contribution is 5.81. The lowest BCUT2D eigenvalue weighted by Gasteiger charge is -2.04. The second-order valence-corrected chi connectivity index (χ2v) is 4.48. The number of hydrogen-bond acceptors (Lipinski definition) is 4. The largest absolute Gasteiger partial charge is 0.481 e. The minimum atomic E-state index is -0.954. The van der Waals surface area contributed by atoms with E-state index < -0.39 is 11.9 Å². The van der Waals surface area contributed by atoms with E-state index >= 15 is 0 Å². The number of rotatable bonds is 3. The van der Waals surface area contributed by atoms with E-state index in [1.165, 1.54) is 6.07 Å². The van der Waals surface area contributed by atoms with Crippen molar-refractivity contribution in [3.63, 3.8) is 0 Å². The van der Waals surface area contributed by atoms with E-state index in [1.54, 1.807) is 36.5 Å². The smallest absolute Gasteiger partial charge is 0.309 e. The summed E-state index contributed by atoms with van der Waals surface area (Å²) in [4.78, 5) is 23.0. The minimum Gasteiger partial charge on any atom is -0.481 e. The molecule has 0 radical (unpaired) electrons. The van der Waals surface area contributed by atoms with E-state index in [0.29, 0.717) is 22.6 Å². The number of carboxylic acid groups (broad SMARTS) is 1. The van der Waals surface area contributed by atoms with Crippen LogP contribution in [0.15, 0.2) is 42.6 Å². The molecule has 3 rings (SSSR count). The Labute approximate surface area is 119 Å². The van der Waals surface area contributed by atoms with Crippen LogP contribution in [0.5, 0.6) is 0 Å². The van der Waals surface area contributed by atoms with Crippen LogP contribution in [0.25, 0.3) is 22.3 Å². The molecule has 0 saturated heterocycles. The first-order valence-electron chi connectivity index (χ1n) is 6.22. The Morgan fingerprint density at radius 2 is 1.95 bits per heavy atom. The molecule has 1 N–H and O–H groups in total. The maximum absolute atomic E-state index is 13.2. The number of aliphatic carboxylic acids is 1. The minimum absolute atomic E-state index is 0.167. The van der Waals surface area contributed by atoms with Crippen LogP contribution in [0.4, 0.5) is 4.39 Å². The van der Waals surface area contributed by atoms with Gasteiger partial charge in [0.2, 0.25) is 5.95 Å². The fourth-order valence-electron chi connectivity index (χ4n) is 2.00. The second kappa shape index (κ2) is 5.24. The summed E-state index contributed by atoms with van der Waals surface area (Å²) in [5, 5.41) is 9.57. The number of hydrogen-bond donors (Lipinski definition) is 1. The molecule has 0 atom stereocenters.